The van der Waals surface area contributed by atoms with E-state index in [1.807, 2.05) is 31.2 Å². The summed E-state index contributed by atoms with van der Waals surface area (Å²) in [4.78, 5) is 4.23. The third-order valence-corrected chi connectivity index (χ3v) is 3.24. The summed E-state index contributed by atoms with van der Waals surface area (Å²) in [5, 5.41) is 6.73. The number of pyridine rings is 1. The number of hydrogen-bond donors (Lipinski definition) is 2. The highest BCUT2D eigenvalue weighted by Gasteiger charge is 1.99. The number of nitrogens with zero attached hydrogens (tertiary/aromatic N) is 1. The quantitative estimate of drug-likeness (QED) is 0.655. The van der Waals surface area contributed by atoms with Crippen molar-refractivity contribution in [2.75, 3.05) is 11.9 Å². The van der Waals surface area contributed by atoms with E-state index in [4.69, 9.17) is 12.2 Å². The third kappa shape index (κ3) is 5.47. The number of hydrogen-bond acceptors (Lipinski definition) is 2. The van der Waals surface area contributed by atoms with Gasteiger partial charge in [-0.25, -0.2) is 9.37 Å². The first-order valence-corrected chi connectivity index (χ1v) is 7.26. The predicted octanol–water partition coefficient (Wildman–Crippen LogP) is 3.45. The lowest BCUT2D eigenvalue weighted by molar-refractivity contribution is 0.626. The van der Waals surface area contributed by atoms with E-state index in [-0.39, 0.29) is 5.82 Å². The molecule has 0 aliphatic carbocycles. The van der Waals surface area contributed by atoms with Gasteiger partial charge < -0.3 is 10.6 Å². The van der Waals surface area contributed by atoms with Crippen LogP contribution in [0, 0.1) is 12.7 Å². The number of thiocarbonyl (C=S) groups is 1. The molecule has 2 rings (SSSR count). The standard InChI is InChI=1S/C16H18FN3S/c1-12-4-9-15(19-11-12)20-16(21)18-10-2-3-13-5-7-14(17)8-6-13/h4-9,11H,2-3,10H2,1H3,(H2,18,19,20,21). The molecule has 3 nitrogen and oxygen atoms in total. The van der Waals surface area contributed by atoms with Crippen LogP contribution in [0.25, 0.3) is 0 Å². The van der Waals surface area contributed by atoms with E-state index in [2.05, 4.69) is 15.6 Å². The van der Waals surface area contributed by atoms with E-state index in [1.54, 1.807) is 6.20 Å². The molecule has 1 aromatic carbocycles. The van der Waals surface area contributed by atoms with E-state index in [1.165, 1.54) is 12.1 Å². The maximum atomic E-state index is 12.8. The van der Waals surface area contributed by atoms with Gasteiger partial charge in [-0.1, -0.05) is 18.2 Å². The topological polar surface area (TPSA) is 37.0 Å². The van der Waals surface area contributed by atoms with Gasteiger partial charge in [0.15, 0.2) is 5.11 Å². The smallest absolute Gasteiger partial charge is 0.171 e. The van der Waals surface area contributed by atoms with Crippen molar-refractivity contribution < 1.29 is 4.39 Å². The lowest BCUT2D eigenvalue weighted by Crippen LogP contribution is -2.29. The Hall–Kier alpha value is -2.01. The van der Waals surface area contributed by atoms with Crippen LogP contribution in [-0.2, 0) is 6.42 Å². The summed E-state index contributed by atoms with van der Waals surface area (Å²) in [5.41, 5.74) is 2.23. The Morgan fingerprint density at radius 1 is 1.19 bits per heavy atom. The molecule has 0 atom stereocenters. The van der Waals surface area contributed by atoms with E-state index in [0.29, 0.717) is 5.11 Å². The van der Waals surface area contributed by atoms with Gasteiger partial charge in [-0.05, 0) is 61.3 Å². The molecule has 0 aliphatic heterocycles. The zero-order valence-corrected chi connectivity index (χ0v) is 12.7. The van der Waals surface area contributed by atoms with Crippen molar-refractivity contribution in [2.45, 2.75) is 19.8 Å². The number of aromatic nitrogens is 1. The largest absolute Gasteiger partial charge is 0.362 e. The van der Waals surface area contributed by atoms with E-state index in [9.17, 15) is 4.39 Å². The monoisotopic (exact) mass is 303 g/mol. The second-order valence-electron chi connectivity index (χ2n) is 4.83. The summed E-state index contributed by atoms with van der Waals surface area (Å²) in [6, 6.07) is 10.5. The first kappa shape index (κ1) is 15.4. The van der Waals surface area contributed by atoms with E-state index >= 15 is 0 Å². The minimum Gasteiger partial charge on any atom is -0.362 e. The summed E-state index contributed by atoms with van der Waals surface area (Å²) in [5.74, 6) is 0.532. The van der Waals surface area contributed by atoms with Crippen molar-refractivity contribution >= 4 is 23.1 Å². The van der Waals surface area contributed by atoms with Gasteiger partial charge in [0.05, 0.1) is 0 Å². The van der Waals surface area contributed by atoms with Crippen LogP contribution in [0.4, 0.5) is 10.2 Å². The Morgan fingerprint density at radius 2 is 1.95 bits per heavy atom. The Balaban J connectivity index is 1.67. The van der Waals surface area contributed by atoms with Crippen LogP contribution < -0.4 is 10.6 Å². The van der Waals surface area contributed by atoms with Crippen molar-refractivity contribution in [2.24, 2.45) is 0 Å². The molecule has 110 valence electrons. The first-order valence-electron chi connectivity index (χ1n) is 6.85. The third-order valence-electron chi connectivity index (χ3n) is 2.99. The van der Waals surface area contributed by atoms with Gasteiger partial charge in [0.25, 0.3) is 0 Å². The minimum absolute atomic E-state index is 0.201. The predicted molar refractivity (Wildman–Crippen MR) is 87.9 cm³/mol. The molecular weight excluding hydrogens is 285 g/mol. The first-order chi connectivity index (χ1) is 10.1. The Morgan fingerprint density at radius 3 is 2.62 bits per heavy atom. The fourth-order valence-corrected chi connectivity index (χ4v) is 2.05. The van der Waals surface area contributed by atoms with Gasteiger partial charge in [-0.15, -0.1) is 0 Å². The van der Waals surface area contributed by atoms with Crippen molar-refractivity contribution in [1.82, 2.24) is 10.3 Å². The summed E-state index contributed by atoms with van der Waals surface area (Å²) < 4.78 is 12.8. The SMILES string of the molecule is Cc1ccc(NC(=S)NCCCc2ccc(F)cc2)nc1. The molecule has 2 N–H and O–H groups in total. The molecule has 0 fully saturated rings. The van der Waals surface area contributed by atoms with E-state index < -0.39 is 0 Å². The second-order valence-corrected chi connectivity index (χ2v) is 5.24. The van der Waals surface area contributed by atoms with Gasteiger partial charge in [0.2, 0.25) is 0 Å². The Kier molecular flexibility index (Phi) is 5.63. The number of nitrogens with one attached hydrogen (secondary N) is 2. The zero-order chi connectivity index (χ0) is 15.1. The molecule has 0 radical (unpaired) electrons. The lowest BCUT2D eigenvalue weighted by Gasteiger charge is -2.10. The zero-order valence-electron chi connectivity index (χ0n) is 11.9. The van der Waals surface area contributed by atoms with Crippen LogP contribution in [0.3, 0.4) is 0 Å². The van der Waals surface area contributed by atoms with Gasteiger partial charge in [-0.3, -0.25) is 0 Å². The minimum atomic E-state index is -0.201. The Labute approximate surface area is 129 Å². The van der Waals surface area contributed by atoms with Crippen LogP contribution in [0.15, 0.2) is 42.6 Å². The van der Waals surface area contributed by atoms with Gasteiger partial charge in [0.1, 0.15) is 11.6 Å². The molecule has 5 heteroatoms. The maximum absolute atomic E-state index is 12.8. The lowest BCUT2D eigenvalue weighted by atomic mass is 10.1. The fraction of sp³-hybridized carbons (Fsp3) is 0.250. The molecule has 1 aromatic heterocycles. The van der Waals surface area contributed by atoms with Crippen LogP contribution >= 0.6 is 12.2 Å². The molecule has 0 spiro atoms. The number of rotatable bonds is 5. The average molecular weight is 303 g/mol. The molecule has 0 amide bonds. The molecule has 0 bridgehead atoms. The Bertz CT molecular complexity index is 581. The summed E-state index contributed by atoms with van der Waals surface area (Å²) >= 11 is 5.20. The fourth-order valence-electron chi connectivity index (χ4n) is 1.85. The molecule has 1 heterocycles. The van der Waals surface area contributed by atoms with Crippen molar-refractivity contribution in [3.8, 4) is 0 Å². The molecule has 0 saturated heterocycles. The molecular formula is C16H18FN3S. The van der Waals surface area contributed by atoms with Crippen LogP contribution in [0.2, 0.25) is 0 Å². The van der Waals surface area contributed by atoms with Crippen molar-refractivity contribution in [3.63, 3.8) is 0 Å². The molecule has 0 aliphatic rings. The maximum Gasteiger partial charge on any atom is 0.171 e. The van der Waals surface area contributed by atoms with Crippen LogP contribution in [0.1, 0.15) is 17.5 Å². The normalized spacial score (nSPS) is 10.2. The molecule has 0 unspecified atom stereocenters. The van der Waals surface area contributed by atoms with Gasteiger partial charge >= 0.3 is 0 Å². The van der Waals surface area contributed by atoms with Crippen molar-refractivity contribution in [1.29, 1.82) is 0 Å². The summed E-state index contributed by atoms with van der Waals surface area (Å²) in [6.45, 7) is 2.75. The highest BCUT2D eigenvalue weighted by atomic mass is 32.1. The van der Waals surface area contributed by atoms with E-state index in [0.717, 1.165) is 36.3 Å². The number of benzene rings is 1. The van der Waals surface area contributed by atoms with Crippen LogP contribution in [0.5, 0.6) is 0 Å². The average Bonchev–Trinajstić information content (AvgIpc) is 2.48. The highest BCUT2D eigenvalue weighted by molar-refractivity contribution is 7.80. The van der Waals surface area contributed by atoms with Gasteiger partial charge in [-0.2, -0.15) is 0 Å². The highest BCUT2D eigenvalue weighted by Crippen LogP contribution is 2.05. The molecule has 2 aromatic rings. The molecule has 21 heavy (non-hydrogen) atoms. The molecule has 0 saturated carbocycles. The second kappa shape index (κ2) is 7.69. The van der Waals surface area contributed by atoms with Gasteiger partial charge in [0, 0.05) is 12.7 Å². The summed E-state index contributed by atoms with van der Waals surface area (Å²) in [6.07, 6.45) is 3.60. The number of anilines is 1. The van der Waals surface area contributed by atoms with Crippen molar-refractivity contribution in [3.05, 3.63) is 59.5 Å². The summed E-state index contributed by atoms with van der Waals surface area (Å²) in [7, 11) is 0. The van der Waals surface area contributed by atoms with Crippen LogP contribution in [-0.4, -0.2) is 16.6 Å². The number of halogens is 1. The number of aryl methyl sites for hydroxylation is 2.